The van der Waals surface area contributed by atoms with Crippen LogP contribution in [0.2, 0.25) is 0 Å². The Morgan fingerprint density at radius 2 is 1.52 bits per heavy atom. The molecule has 0 amide bonds. The maximum Gasteiger partial charge on any atom is 0.203 e. The van der Waals surface area contributed by atoms with Gasteiger partial charge in [-0.2, -0.15) is 0 Å². The quantitative estimate of drug-likeness (QED) is 0.538. The van der Waals surface area contributed by atoms with E-state index in [1.165, 1.54) is 18.2 Å². The van der Waals surface area contributed by atoms with Gasteiger partial charge in [0, 0.05) is 5.56 Å². The van der Waals surface area contributed by atoms with Crippen LogP contribution in [0.3, 0.4) is 0 Å². The Kier molecular flexibility index (Phi) is 4.42. The van der Waals surface area contributed by atoms with Gasteiger partial charge in [-0.15, -0.1) is 0 Å². The fourth-order valence-electron chi connectivity index (χ4n) is 3.28. The van der Waals surface area contributed by atoms with E-state index in [9.17, 15) is 9.18 Å². The third-order valence-electron chi connectivity index (χ3n) is 4.61. The van der Waals surface area contributed by atoms with Crippen molar-refractivity contribution in [2.75, 3.05) is 0 Å². The van der Waals surface area contributed by atoms with Crippen LogP contribution in [0.4, 0.5) is 4.39 Å². The van der Waals surface area contributed by atoms with E-state index in [0.29, 0.717) is 12.1 Å². The first-order valence-corrected chi connectivity index (χ1v) is 8.69. The van der Waals surface area contributed by atoms with Crippen molar-refractivity contribution in [2.24, 2.45) is 0 Å². The Balaban J connectivity index is 1.76. The average molecular weight is 359 g/mol. The molecule has 3 aromatic carbocycles. The van der Waals surface area contributed by atoms with Gasteiger partial charge in [0.1, 0.15) is 5.82 Å². The number of imidazole rings is 1. The minimum Gasteiger partial charge on any atom is -0.306 e. The van der Waals surface area contributed by atoms with Crippen molar-refractivity contribution in [3.8, 4) is 0 Å². The number of carbonyl (C=O) groups is 1. The minimum atomic E-state index is -0.441. The van der Waals surface area contributed by atoms with Crippen molar-refractivity contribution in [2.45, 2.75) is 13.1 Å². The molecule has 27 heavy (non-hydrogen) atoms. The molecule has 1 aromatic heterocycles. The zero-order chi connectivity index (χ0) is 18.8. The fourth-order valence-corrected chi connectivity index (χ4v) is 3.28. The summed E-state index contributed by atoms with van der Waals surface area (Å²) in [7, 11) is 0. The zero-order valence-electron chi connectivity index (χ0n) is 14.6. The highest BCUT2D eigenvalue weighted by molar-refractivity contribution is 5.96. The van der Waals surface area contributed by atoms with Crippen LogP contribution < -0.4 is 5.62 Å². The lowest BCUT2D eigenvalue weighted by atomic mass is 10.1. The van der Waals surface area contributed by atoms with Gasteiger partial charge in [0.2, 0.25) is 5.62 Å². The van der Waals surface area contributed by atoms with Gasteiger partial charge in [0.05, 0.1) is 24.1 Å². The van der Waals surface area contributed by atoms with Gasteiger partial charge < -0.3 is 9.13 Å². The molecule has 1 N–H and O–H groups in total. The molecule has 5 heteroatoms. The molecule has 134 valence electrons. The molecule has 0 atom stereocenters. The summed E-state index contributed by atoms with van der Waals surface area (Å²) < 4.78 is 17.0. The van der Waals surface area contributed by atoms with Crippen LogP contribution in [0.1, 0.15) is 15.9 Å². The second kappa shape index (κ2) is 7.03. The highest BCUT2D eigenvalue weighted by Crippen LogP contribution is 2.15. The number of para-hydroxylation sites is 2. The van der Waals surface area contributed by atoms with E-state index < -0.39 is 5.82 Å². The van der Waals surface area contributed by atoms with E-state index >= 15 is 0 Å². The van der Waals surface area contributed by atoms with E-state index in [1.807, 2.05) is 59.2 Å². The van der Waals surface area contributed by atoms with Gasteiger partial charge in [-0.05, 0) is 29.8 Å². The summed E-state index contributed by atoms with van der Waals surface area (Å²) in [6, 6.07) is 23.2. The maximum atomic E-state index is 13.4. The predicted molar refractivity (Wildman–Crippen MR) is 102 cm³/mol. The van der Waals surface area contributed by atoms with Crippen molar-refractivity contribution < 1.29 is 9.18 Å². The number of hydrogen-bond donors (Lipinski definition) is 1. The number of carbonyl (C=O) groups excluding carboxylic acids is 1. The van der Waals surface area contributed by atoms with Crippen molar-refractivity contribution in [3.63, 3.8) is 0 Å². The molecule has 0 saturated carbocycles. The molecule has 0 aliphatic rings. The summed E-state index contributed by atoms with van der Waals surface area (Å²) in [5.74, 6) is -0.668. The standard InChI is InChI=1S/C22H18FN3O/c23-18-10-6-9-17(13-18)21(27)15-26-20-12-5-4-11-19(20)25(22(26)24)14-16-7-2-1-3-8-16/h1-13,24H,14-15H2. The predicted octanol–water partition coefficient (Wildman–Crippen LogP) is 3.99. The number of fused-ring (bicyclic) bond motifs is 1. The first-order chi connectivity index (χ1) is 13.1. The van der Waals surface area contributed by atoms with Crippen LogP contribution >= 0.6 is 0 Å². The summed E-state index contributed by atoms with van der Waals surface area (Å²) in [6.07, 6.45) is 0. The largest absolute Gasteiger partial charge is 0.306 e. The van der Waals surface area contributed by atoms with E-state index in [0.717, 1.165) is 16.6 Å². The lowest BCUT2D eigenvalue weighted by Crippen LogP contribution is -2.27. The van der Waals surface area contributed by atoms with Crippen molar-refractivity contribution in [1.82, 2.24) is 9.13 Å². The number of benzene rings is 3. The fraction of sp³-hybridized carbons (Fsp3) is 0.0909. The number of aromatic nitrogens is 2. The molecule has 4 aromatic rings. The molecule has 0 fully saturated rings. The summed E-state index contributed by atoms with van der Waals surface area (Å²) in [4.78, 5) is 12.6. The summed E-state index contributed by atoms with van der Waals surface area (Å²) in [5.41, 5.74) is 3.32. The van der Waals surface area contributed by atoms with E-state index in [-0.39, 0.29) is 17.9 Å². The SMILES string of the molecule is N=c1n(CC(=O)c2cccc(F)c2)c2ccccc2n1Cc1ccccc1. The summed E-state index contributed by atoms with van der Waals surface area (Å²) >= 11 is 0. The number of Topliss-reactive ketones (excluding diaryl/α,β-unsaturated/α-hetero) is 1. The first-order valence-electron chi connectivity index (χ1n) is 8.69. The van der Waals surface area contributed by atoms with E-state index in [1.54, 1.807) is 10.6 Å². The van der Waals surface area contributed by atoms with Crippen LogP contribution in [-0.4, -0.2) is 14.9 Å². The van der Waals surface area contributed by atoms with Gasteiger partial charge >= 0.3 is 0 Å². The topological polar surface area (TPSA) is 50.8 Å². The number of rotatable bonds is 5. The van der Waals surface area contributed by atoms with Gasteiger partial charge in [0.15, 0.2) is 5.78 Å². The Hall–Kier alpha value is -3.47. The van der Waals surface area contributed by atoms with Gasteiger partial charge in [-0.3, -0.25) is 10.2 Å². The second-order valence-electron chi connectivity index (χ2n) is 6.40. The average Bonchev–Trinajstić information content (AvgIpc) is 2.95. The maximum absolute atomic E-state index is 13.4. The molecule has 1 heterocycles. The normalized spacial score (nSPS) is 11.0. The molecule has 4 rings (SSSR count). The molecule has 0 bridgehead atoms. The van der Waals surface area contributed by atoms with Crippen LogP contribution in [0, 0.1) is 11.2 Å². The van der Waals surface area contributed by atoms with Crippen LogP contribution in [0.5, 0.6) is 0 Å². The molecule has 0 saturated heterocycles. The number of nitrogens with zero attached hydrogens (tertiary/aromatic N) is 2. The number of ketones is 1. The molecule has 0 radical (unpaired) electrons. The van der Waals surface area contributed by atoms with Gasteiger partial charge in [-0.25, -0.2) is 4.39 Å². The number of hydrogen-bond acceptors (Lipinski definition) is 2. The van der Waals surface area contributed by atoms with Crippen LogP contribution in [0.15, 0.2) is 78.9 Å². The molecule has 0 unspecified atom stereocenters. The molecule has 4 nitrogen and oxygen atoms in total. The number of nitrogens with one attached hydrogen (secondary N) is 1. The van der Waals surface area contributed by atoms with Gasteiger partial charge in [-0.1, -0.05) is 54.6 Å². The zero-order valence-corrected chi connectivity index (χ0v) is 14.6. The molecular formula is C22H18FN3O. The lowest BCUT2D eigenvalue weighted by Gasteiger charge is -2.05. The smallest absolute Gasteiger partial charge is 0.203 e. The van der Waals surface area contributed by atoms with Crippen molar-refractivity contribution >= 4 is 16.8 Å². The van der Waals surface area contributed by atoms with Crippen molar-refractivity contribution in [1.29, 1.82) is 5.41 Å². The number of halogens is 1. The Bertz CT molecular complexity index is 1180. The monoisotopic (exact) mass is 359 g/mol. The highest BCUT2D eigenvalue weighted by Gasteiger charge is 2.15. The van der Waals surface area contributed by atoms with Gasteiger partial charge in [0.25, 0.3) is 0 Å². The highest BCUT2D eigenvalue weighted by atomic mass is 19.1. The van der Waals surface area contributed by atoms with E-state index in [4.69, 9.17) is 5.41 Å². The Labute approximate surface area is 155 Å². The second-order valence-corrected chi connectivity index (χ2v) is 6.40. The minimum absolute atomic E-state index is 0.00934. The Morgan fingerprint density at radius 1 is 0.852 bits per heavy atom. The third kappa shape index (κ3) is 3.31. The molecule has 0 spiro atoms. The van der Waals surface area contributed by atoms with Crippen LogP contribution in [0.25, 0.3) is 11.0 Å². The third-order valence-corrected chi connectivity index (χ3v) is 4.61. The summed E-state index contributed by atoms with van der Waals surface area (Å²) in [6.45, 7) is 0.534. The van der Waals surface area contributed by atoms with Crippen LogP contribution in [-0.2, 0) is 13.1 Å². The van der Waals surface area contributed by atoms with Crippen molar-refractivity contribution in [3.05, 3.63) is 101 Å². The Morgan fingerprint density at radius 3 is 2.22 bits per heavy atom. The molecule has 0 aliphatic carbocycles. The summed E-state index contributed by atoms with van der Waals surface area (Å²) in [5, 5.41) is 8.62. The molecular weight excluding hydrogens is 341 g/mol. The lowest BCUT2D eigenvalue weighted by molar-refractivity contribution is 0.0971. The molecule has 0 aliphatic heterocycles. The van der Waals surface area contributed by atoms with E-state index in [2.05, 4.69) is 0 Å². The first kappa shape index (κ1) is 17.0.